The summed E-state index contributed by atoms with van der Waals surface area (Å²) in [4.78, 5) is 25.6. The zero-order chi connectivity index (χ0) is 35.7. The Bertz CT molecular complexity index is 2010. The van der Waals surface area contributed by atoms with E-state index >= 15 is 0 Å². The van der Waals surface area contributed by atoms with Gasteiger partial charge < -0.3 is 33.9 Å². The van der Waals surface area contributed by atoms with Crippen molar-refractivity contribution in [1.82, 2.24) is 0 Å². The maximum atomic E-state index is 12.8. The normalized spacial score (nSPS) is 10.5. The summed E-state index contributed by atoms with van der Waals surface area (Å²) in [6.45, 7) is 0. The van der Waals surface area contributed by atoms with Crippen molar-refractivity contribution in [3.8, 4) is 68.2 Å². The fourth-order valence-electron chi connectivity index (χ4n) is 5.10. The second-order valence-corrected chi connectivity index (χ2v) is 11.0. The van der Waals surface area contributed by atoms with E-state index < -0.39 is 12.2 Å². The third kappa shape index (κ3) is 8.67. The average molecular weight is 685 g/mol. The van der Waals surface area contributed by atoms with Gasteiger partial charge in [0.1, 0.15) is 46.0 Å². The Hall–Kier alpha value is -7.14. The second-order valence-electron chi connectivity index (χ2n) is 11.0. The van der Waals surface area contributed by atoms with Crippen LogP contribution < -0.4 is 34.3 Å². The maximum Gasteiger partial charge on any atom is 0.417 e. The molecule has 0 saturated carbocycles. The number of hydrogen-bond acceptors (Lipinski definition) is 9. The Morgan fingerprint density at radius 2 is 0.882 bits per heavy atom. The molecule has 256 valence electrons. The van der Waals surface area contributed by atoms with Crippen molar-refractivity contribution in [2.45, 2.75) is 0 Å². The van der Waals surface area contributed by atoms with E-state index in [1.165, 1.54) is 0 Å². The number of hydrogen-bond donors (Lipinski definition) is 4. The van der Waals surface area contributed by atoms with Crippen LogP contribution in [0.4, 0.5) is 21.0 Å². The van der Waals surface area contributed by atoms with Gasteiger partial charge in [-0.2, -0.15) is 0 Å². The van der Waals surface area contributed by atoms with Crippen molar-refractivity contribution in [3.05, 3.63) is 133 Å². The van der Waals surface area contributed by atoms with Gasteiger partial charge in [-0.05, 0) is 120 Å². The highest BCUT2D eigenvalue weighted by molar-refractivity contribution is 5.90. The molecule has 0 unspecified atom stereocenters. The van der Waals surface area contributed by atoms with Gasteiger partial charge in [-0.3, -0.25) is 10.6 Å². The van der Waals surface area contributed by atoms with Gasteiger partial charge in [0.15, 0.2) is 0 Å². The number of phenols is 2. The van der Waals surface area contributed by atoms with Gasteiger partial charge in [-0.25, -0.2) is 9.59 Å². The summed E-state index contributed by atoms with van der Waals surface area (Å²) in [5.74, 6) is 2.74. The molecule has 0 fully saturated rings. The summed E-state index contributed by atoms with van der Waals surface area (Å²) in [6, 6.07) is 36.4. The van der Waals surface area contributed by atoms with Crippen LogP contribution in [0, 0.1) is 0 Å². The quantitative estimate of drug-likeness (QED) is 0.111. The van der Waals surface area contributed by atoms with Crippen LogP contribution in [0.5, 0.6) is 46.0 Å². The number of methoxy groups -OCH3 is 2. The number of amides is 2. The number of phenolic OH excluding ortho intramolecular Hbond substituents is 2. The number of nitrogens with one attached hydrogen (secondary N) is 2. The second kappa shape index (κ2) is 15.4. The molecule has 0 heterocycles. The van der Waals surface area contributed by atoms with Crippen LogP contribution in [-0.2, 0) is 0 Å². The molecule has 6 aromatic rings. The van der Waals surface area contributed by atoms with Gasteiger partial charge in [0.2, 0.25) is 0 Å². The Morgan fingerprint density at radius 1 is 0.490 bits per heavy atom. The van der Waals surface area contributed by atoms with Crippen LogP contribution >= 0.6 is 0 Å². The number of ether oxygens (including phenoxy) is 5. The Labute approximate surface area is 293 Å². The molecule has 2 amide bonds. The summed E-state index contributed by atoms with van der Waals surface area (Å²) >= 11 is 0. The molecule has 6 aromatic carbocycles. The summed E-state index contributed by atoms with van der Waals surface area (Å²) < 4.78 is 27.7. The SMILES string of the molecule is COc1ccc(OC(=O)Nc2ccc(Oc3ccc(NC(=O)Oc4ccc(OC)cc4)cc3-c3cccc(O)c3)c(-c3cccc(O)c3)c2)cc1. The predicted octanol–water partition coefficient (Wildman–Crippen LogP) is 9.46. The fraction of sp³-hybridized carbons (Fsp3) is 0.0500. The summed E-state index contributed by atoms with van der Waals surface area (Å²) in [6.07, 6.45) is -1.43. The lowest BCUT2D eigenvalue weighted by Gasteiger charge is -2.18. The van der Waals surface area contributed by atoms with Gasteiger partial charge in [-0.15, -0.1) is 0 Å². The highest BCUT2D eigenvalue weighted by Crippen LogP contribution is 2.41. The zero-order valence-corrected chi connectivity index (χ0v) is 27.5. The van der Waals surface area contributed by atoms with Crippen molar-refractivity contribution in [3.63, 3.8) is 0 Å². The van der Waals surface area contributed by atoms with E-state index in [2.05, 4.69) is 10.6 Å². The summed E-state index contributed by atoms with van der Waals surface area (Å²) in [7, 11) is 3.09. The first-order valence-corrected chi connectivity index (χ1v) is 15.6. The van der Waals surface area contributed by atoms with E-state index in [-0.39, 0.29) is 11.5 Å². The molecule has 0 bridgehead atoms. The van der Waals surface area contributed by atoms with Crippen molar-refractivity contribution in [2.24, 2.45) is 0 Å². The molecule has 0 aliphatic rings. The van der Waals surface area contributed by atoms with E-state index in [0.717, 1.165) is 0 Å². The first-order chi connectivity index (χ1) is 24.8. The fourth-order valence-corrected chi connectivity index (χ4v) is 5.10. The molecule has 0 aromatic heterocycles. The van der Waals surface area contributed by atoms with Gasteiger partial charge in [0.25, 0.3) is 0 Å². The highest BCUT2D eigenvalue weighted by atomic mass is 16.6. The largest absolute Gasteiger partial charge is 0.508 e. The molecule has 11 heteroatoms. The molecule has 0 aliphatic heterocycles. The molecule has 6 rings (SSSR count). The number of carbonyl (C=O) groups is 2. The van der Waals surface area contributed by atoms with Crippen LogP contribution in [-0.4, -0.2) is 36.6 Å². The smallest absolute Gasteiger partial charge is 0.417 e. The molecule has 0 spiro atoms. The van der Waals surface area contributed by atoms with E-state index in [4.69, 9.17) is 23.7 Å². The number of carbonyl (C=O) groups excluding carboxylic acids is 2. The molecule has 0 saturated heterocycles. The molecule has 0 atom stereocenters. The van der Waals surface area contributed by atoms with Crippen molar-refractivity contribution in [2.75, 3.05) is 24.9 Å². The summed E-state index contributed by atoms with van der Waals surface area (Å²) in [5.41, 5.74) is 3.11. The lowest BCUT2D eigenvalue weighted by Crippen LogP contribution is -2.16. The molecule has 4 N–H and O–H groups in total. The van der Waals surface area contributed by atoms with Crippen molar-refractivity contribution < 1.29 is 43.5 Å². The minimum absolute atomic E-state index is 0.0353. The third-order valence-electron chi connectivity index (χ3n) is 7.53. The number of rotatable bonds is 10. The number of anilines is 2. The van der Waals surface area contributed by atoms with E-state index in [1.807, 2.05) is 0 Å². The van der Waals surface area contributed by atoms with Gasteiger partial charge in [0, 0.05) is 22.5 Å². The van der Waals surface area contributed by atoms with Crippen LogP contribution in [0.25, 0.3) is 22.3 Å². The van der Waals surface area contributed by atoms with Crippen molar-refractivity contribution in [1.29, 1.82) is 0 Å². The molecule has 11 nitrogen and oxygen atoms in total. The standard InChI is InChI=1S/C40H32N2O9/c1-47-31-11-15-33(16-12-31)49-39(45)41-27-9-19-37(35(23-27)25-5-3-7-29(43)21-25)51-38-20-10-28(24-36(38)26-6-4-8-30(44)22-26)42-40(46)50-34-17-13-32(48-2)14-18-34/h3-24,43-44H,1-2H3,(H,41,45)(H,42,46). The van der Waals surface area contributed by atoms with E-state index in [1.54, 1.807) is 148 Å². The Balaban J connectivity index is 1.29. The molecular formula is C40H32N2O9. The molecule has 51 heavy (non-hydrogen) atoms. The van der Waals surface area contributed by atoms with Crippen LogP contribution in [0.15, 0.2) is 133 Å². The van der Waals surface area contributed by atoms with Crippen LogP contribution in [0.3, 0.4) is 0 Å². The van der Waals surface area contributed by atoms with Crippen LogP contribution in [0.2, 0.25) is 0 Å². The Kier molecular flexibility index (Phi) is 10.2. The van der Waals surface area contributed by atoms with Gasteiger partial charge in [0.05, 0.1) is 14.2 Å². The first-order valence-electron chi connectivity index (χ1n) is 15.6. The van der Waals surface area contributed by atoms with Crippen LogP contribution in [0.1, 0.15) is 0 Å². The molecule has 0 radical (unpaired) electrons. The molecular weight excluding hydrogens is 652 g/mol. The average Bonchev–Trinajstić information content (AvgIpc) is 3.13. The number of benzene rings is 6. The van der Waals surface area contributed by atoms with Gasteiger partial charge in [-0.1, -0.05) is 24.3 Å². The number of aromatic hydroxyl groups is 2. The van der Waals surface area contributed by atoms with Gasteiger partial charge >= 0.3 is 12.2 Å². The van der Waals surface area contributed by atoms with E-state index in [9.17, 15) is 19.8 Å². The minimum atomic E-state index is -0.713. The topological polar surface area (TPSA) is 145 Å². The molecule has 0 aliphatic carbocycles. The maximum absolute atomic E-state index is 12.8. The first kappa shape index (κ1) is 33.7. The highest BCUT2D eigenvalue weighted by Gasteiger charge is 2.17. The predicted molar refractivity (Wildman–Crippen MR) is 192 cm³/mol. The lowest BCUT2D eigenvalue weighted by atomic mass is 10.0. The summed E-state index contributed by atoms with van der Waals surface area (Å²) in [5, 5.41) is 26.1. The zero-order valence-electron chi connectivity index (χ0n) is 27.5. The monoisotopic (exact) mass is 684 g/mol. The Morgan fingerprint density at radius 3 is 1.25 bits per heavy atom. The minimum Gasteiger partial charge on any atom is -0.508 e. The van der Waals surface area contributed by atoms with Crippen molar-refractivity contribution >= 4 is 23.6 Å². The third-order valence-corrected chi connectivity index (χ3v) is 7.53. The lowest BCUT2D eigenvalue weighted by molar-refractivity contribution is 0.214. The van der Waals surface area contributed by atoms with E-state index in [0.29, 0.717) is 68.1 Å².